The van der Waals surface area contributed by atoms with Crippen molar-refractivity contribution in [1.82, 2.24) is 22.8 Å². The van der Waals surface area contributed by atoms with Crippen LogP contribution in [0.3, 0.4) is 0 Å². The van der Waals surface area contributed by atoms with E-state index in [4.69, 9.17) is 0 Å². The Hall–Kier alpha value is -17.3. The van der Waals surface area contributed by atoms with Crippen LogP contribution in [0.25, 0.3) is 137 Å². The number of aromatic nitrogens is 5. The molecule has 1 aliphatic rings. The van der Waals surface area contributed by atoms with E-state index in [9.17, 15) is 5.11 Å². The normalized spacial score (nSPS) is 12.4. The van der Waals surface area contributed by atoms with Gasteiger partial charge in [0, 0.05) is 109 Å². The smallest absolute Gasteiger partial charge is 0.142 e. The van der Waals surface area contributed by atoms with Gasteiger partial charge in [-0.2, -0.15) is 0 Å². The first kappa shape index (κ1) is 81.6. The maximum Gasteiger partial charge on any atom is 0.142 e. The van der Waals surface area contributed by atoms with Gasteiger partial charge in [0.15, 0.2) is 0 Å². The zero-order chi connectivity index (χ0) is 91.1. The molecule has 9 heteroatoms. The molecule has 0 bridgehead atoms. The van der Waals surface area contributed by atoms with Crippen LogP contribution in [0, 0.1) is 0 Å². The highest BCUT2D eigenvalue weighted by molar-refractivity contribution is 9.10. The van der Waals surface area contributed by atoms with E-state index in [0.29, 0.717) is 0 Å². The number of nitrogens with zero attached hydrogens (tertiary/aromatic N) is 7. The molecule has 0 aliphatic carbocycles. The Balaban J connectivity index is 0.000000121. The van der Waals surface area contributed by atoms with Gasteiger partial charge < -0.3 is 37.7 Å². The van der Waals surface area contributed by atoms with Crippen molar-refractivity contribution in [3.05, 3.63) is 571 Å². The summed E-state index contributed by atoms with van der Waals surface area (Å²) in [5.41, 5.74) is 28.8. The van der Waals surface area contributed by atoms with E-state index in [1.54, 1.807) is 0 Å². The quantitative estimate of drug-likeness (QED) is 0.110. The van der Waals surface area contributed by atoms with Crippen molar-refractivity contribution >= 4 is 159 Å². The average molecular weight is 1820 g/mol. The van der Waals surface area contributed by atoms with Gasteiger partial charge in [-0.3, -0.25) is 0 Å². The van der Waals surface area contributed by atoms with Crippen molar-refractivity contribution in [1.29, 1.82) is 0 Å². The number of halogens is 1. The van der Waals surface area contributed by atoms with Gasteiger partial charge in [-0.05, 0) is 221 Å². The van der Waals surface area contributed by atoms with Gasteiger partial charge in [0.2, 0.25) is 0 Å². The molecule has 0 saturated heterocycles. The average Bonchev–Trinajstić information content (AvgIpc) is 1.40. The minimum Gasteiger partial charge on any atom is -0.376 e. The number of aliphatic hydroxyl groups is 1. The summed E-state index contributed by atoms with van der Waals surface area (Å²) >= 11 is 3.50. The van der Waals surface area contributed by atoms with Crippen LogP contribution in [0.5, 0.6) is 0 Å². The third-order valence-corrected chi connectivity index (χ3v) is 28.4. The second-order valence-corrected chi connectivity index (χ2v) is 36.1. The lowest BCUT2D eigenvalue weighted by Crippen LogP contribution is -2.37. The van der Waals surface area contributed by atoms with Crippen molar-refractivity contribution in [2.45, 2.75) is 11.0 Å². The summed E-state index contributed by atoms with van der Waals surface area (Å²) in [6, 6.07) is 188. The van der Waals surface area contributed by atoms with E-state index < -0.39 is 11.0 Å². The van der Waals surface area contributed by atoms with Crippen LogP contribution < -0.4 is 9.80 Å². The molecule has 648 valence electrons. The zero-order valence-corrected chi connectivity index (χ0v) is 76.3. The van der Waals surface area contributed by atoms with E-state index in [2.05, 4.69) is 558 Å². The molecule has 0 fully saturated rings. The summed E-state index contributed by atoms with van der Waals surface area (Å²) in [5.74, 6) is 0. The molecule has 26 aromatic rings. The number of hydrogen-bond acceptors (Lipinski definition) is 3. The van der Waals surface area contributed by atoms with Crippen LogP contribution in [0.15, 0.2) is 532 Å². The lowest BCUT2D eigenvalue weighted by atomic mass is 9.62. The maximum atomic E-state index is 13.8. The Labute approximate surface area is 801 Å². The van der Waals surface area contributed by atoms with E-state index >= 15 is 0 Å². The Morgan fingerprint density at radius 3 is 0.723 bits per heavy atom. The largest absolute Gasteiger partial charge is 0.376 e. The van der Waals surface area contributed by atoms with Gasteiger partial charge in [0.1, 0.15) is 5.60 Å². The molecule has 1 aliphatic heterocycles. The molecule has 6 heterocycles. The van der Waals surface area contributed by atoms with Gasteiger partial charge in [0.05, 0.1) is 77.6 Å². The van der Waals surface area contributed by atoms with Gasteiger partial charge >= 0.3 is 0 Å². The molecule has 5 aromatic heterocycles. The maximum absolute atomic E-state index is 13.8. The first-order valence-electron chi connectivity index (χ1n) is 46.7. The molecule has 21 aromatic carbocycles. The Bertz CT molecular complexity index is 8380. The first-order valence-corrected chi connectivity index (χ1v) is 47.5. The summed E-state index contributed by atoms with van der Waals surface area (Å²) in [4.78, 5) is 4.67. The molecule has 0 unspecified atom stereocenters. The second-order valence-electron chi connectivity index (χ2n) is 35.2. The van der Waals surface area contributed by atoms with Crippen molar-refractivity contribution in [2.75, 3.05) is 9.80 Å². The van der Waals surface area contributed by atoms with Crippen LogP contribution in [-0.4, -0.2) is 27.9 Å². The van der Waals surface area contributed by atoms with Crippen LogP contribution >= 0.6 is 15.9 Å². The minimum absolute atomic E-state index is 0.628. The van der Waals surface area contributed by atoms with Crippen LogP contribution in [-0.2, 0) is 11.0 Å². The molecule has 0 atom stereocenters. The summed E-state index contributed by atoms with van der Waals surface area (Å²) in [5, 5.41) is 26.3. The van der Waals surface area contributed by atoms with E-state index in [1.165, 1.54) is 126 Å². The highest BCUT2D eigenvalue weighted by atomic mass is 79.9. The SMILES string of the molecule is Brc1ccc(-n2c3ccccc3c3ccccc32)cc1.OC(c1ccc(-n2c3ccccc3c3ccccc32)cc1)(c1ccc(-n2c3ccccc3c3ccccc32)cc1)c1ccccc1N(c1ccccc1)c1ccccc1.c1ccc(N2c3ccccc3C(c3ccc(-n4c5ccccc5c5ccccc54)cc3)(c3ccc(-n4c5ccccc5c5ccccc54)cc3)c3ccccc32)cc1. The van der Waals surface area contributed by atoms with E-state index in [-0.39, 0.29) is 0 Å². The fourth-order valence-electron chi connectivity index (χ4n) is 21.9. The lowest BCUT2D eigenvalue weighted by Gasteiger charge is -2.46. The highest BCUT2D eigenvalue weighted by Gasteiger charge is 2.47. The van der Waals surface area contributed by atoms with Gasteiger partial charge in [-0.1, -0.05) is 356 Å². The molecular formula is C128H88BrN7O. The number of hydrogen-bond donors (Lipinski definition) is 1. The molecule has 137 heavy (non-hydrogen) atoms. The summed E-state index contributed by atoms with van der Waals surface area (Å²) in [7, 11) is 0. The van der Waals surface area contributed by atoms with Crippen molar-refractivity contribution in [2.24, 2.45) is 0 Å². The molecule has 0 radical (unpaired) electrons. The van der Waals surface area contributed by atoms with Gasteiger partial charge in [-0.15, -0.1) is 0 Å². The Kier molecular flexibility index (Phi) is 20.3. The summed E-state index contributed by atoms with van der Waals surface area (Å²) in [6.45, 7) is 0. The van der Waals surface area contributed by atoms with E-state index in [1.807, 2.05) is 18.2 Å². The molecule has 0 saturated carbocycles. The summed E-state index contributed by atoms with van der Waals surface area (Å²) in [6.07, 6.45) is 0. The fraction of sp³-hybridized carbons (Fsp3) is 0.0156. The Morgan fingerprint density at radius 2 is 0.431 bits per heavy atom. The molecule has 8 nitrogen and oxygen atoms in total. The third kappa shape index (κ3) is 13.5. The van der Waals surface area contributed by atoms with Crippen molar-refractivity contribution in [3.63, 3.8) is 0 Å². The topological polar surface area (TPSA) is 51.4 Å². The predicted octanol–water partition coefficient (Wildman–Crippen LogP) is 33.2. The van der Waals surface area contributed by atoms with Crippen LogP contribution in [0.2, 0.25) is 0 Å². The van der Waals surface area contributed by atoms with Crippen molar-refractivity contribution in [3.8, 4) is 28.4 Å². The first-order chi connectivity index (χ1) is 67.8. The minimum atomic E-state index is -1.56. The number of rotatable bonds is 14. The van der Waals surface area contributed by atoms with Crippen LogP contribution in [0.1, 0.15) is 38.9 Å². The third-order valence-electron chi connectivity index (χ3n) is 27.9. The standard InChI is InChI=1S/C55H39N3O.C55H37N3.C18H12BrN/c59-55(49-25-11-16-30-54(49)56(41-17-3-1-4-18-41)42-19-5-2-6-20-42,39-31-35-43(36-32-39)57-50-26-12-7-21-45(50)46-22-8-13-27-51(46)57)40-33-37-44(38-34-40)58-52-28-14-9-23-47(52)48-24-10-15-29-53(48)58;1-2-16-40(17-3-1)58-53-28-14-8-22-47(53)55(48-23-9-15-29-54(48)58,38-30-34-41(35-31-38)56-49-24-10-4-18-43(49)44-19-5-11-25-50(44)56)39-32-36-42(37-33-39)57-51-26-12-6-20-45(51)46-21-7-13-27-52(46)57;19-13-9-11-14(12-10-13)20-17-7-3-1-5-15(17)16-6-2-4-8-18(16)20/h1-38,59H;1-37H;1-12H. The van der Waals surface area contributed by atoms with E-state index in [0.717, 1.165) is 88.7 Å². The van der Waals surface area contributed by atoms with Gasteiger partial charge in [-0.25, -0.2) is 0 Å². The number of para-hydroxylation sites is 16. The zero-order valence-electron chi connectivity index (χ0n) is 74.7. The summed E-state index contributed by atoms with van der Waals surface area (Å²) < 4.78 is 12.9. The van der Waals surface area contributed by atoms with Crippen molar-refractivity contribution < 1.29 is 5.11 Å². The molecular weight excluding hydrogens is 1730 g/mol. The highest BCUT2D eigenvalue weighted by Crippen LogP contribution is 2.59. The second kappa shape index (κ2) is 34.0. The predicted molar refractivity (Wildman–Crippen MR) is 575 cm³/mol. The van der Waals surface area contributed by atoms with Gasteiger partial charge in [0.25, 0.3) is 0 Å². The molecule has 0 amide bonds. The fourth-order valence-corrected chi connectivity index (χ4v) is 22.2. The number of benzene rings is 21. The molecule has 27 rings (SSSR count). The monoisotopic (exact) mass is 1820 g/mol. The number of anilines is 6. The Morgan fingerprint density at radius 1 is 0.204 bits per heavy atom. The number of fused-ring (bicyclic) bond motifs is 17. The molecule has 1 N–H and O–H groups in total. The lowest BCUT2D eigenvalue weighted by molar-refractivity contribution is 0.126. The molecule has 0 spiro atoms. The van der Waals surface area contributed by atoms with Crippen LogP contribution in [0.4, 0.5) is 34.1 Å².